The Kier molecular flexibility index (Phi) is 2.87. The third-order valence-electron chi connectivity index (χ3n) is 3.58. The summed E-state index contributed by atoms with van der Waals surface area (Å²) < 4.78 is 2.34. The SMILES string of the molecule is [c]1ccc(N2CCC(n3cccc3)CC2)cc1. The van der Waals surface area contributed by atoms with Gasteiger partial charge in [0.15, 0.2) is 0 Å². The molecule has 2 aromatic rings. The first kappa shape index (κ1) is 10.5. The van der Waals surface area contributed by atoms with E-state index in [2.05, 4.69) is 52.2 Å². The van der Waals surface area contributed by atoms with Crippen LogP contribution >= 0.6 is 0 Å². The molecule has 1 aromatic carbocycles. The van der Waals surface area contributed by atoms with Crippen LogP contribution in [0, 0.1) is 6.07 Å². The van der Waals surface area contributed by atoms with E-state index in [1.54, 1.807) is 0 Å². The minimum Gasteiger partial charge on any atom is -0.371 e. The molecule has 1 aromatic heterocycles. The molecule has 0 spiro atoms. The van der Waals surface area contributed by atoms with E-state index in [4.69, 9.17) is 0 Å². The fraction of sp³-hybridized carbons (Fsp3) is 0.333. The van der Waals surface area contributed by atoms with Crippen LogP contribution in [0.2, 0.25) is 0 Å². The van der Waals surface area contributed by atoms with Crippen LogP contribution in [0.25, 0.3) is 0 Å². The van der Waals surface area contributed by atoms with Gasteiger partial charge in [0.25, 0.3) is 0 Å². The van der Waals surface area contributed by atoms with Crippen molar-refractivity contribution in [1.82, 2.24) is 4.57 Å². The van der Waals surface area contributed by atoms with Gasteiger partial charge in [0, 0.05) is 37.2 Å². The molecule has 1 fully saturated rings. The number of piperidine rings is 1. The molecule has 0 aliphatic carbocycles. The fourth-order valence-corrected chi connectivity index (χ4v) is 2.60. The lowest BCUT2D eigenvalue weighted by Gasteiger charge is -2.34. The van der Waals surface area contributed by atoms with Crippen molar-refractivity contribution < 1.29 is 0 Å². The van der Waals surface area contributed by atoms with Crippen LogP contribution in [0.15, 0.2) is 48.8 Å². The highest BCUT2D eigenvalue weighted by Gasteiger charge is 2.19. The highest BCUT2D eigenvalue weighted by Crippen LogP contribution is 2.26. The Morgan fingerprint density at radius 3 is 2.29 bits per heavy atom. The van der Waals surface area contributed by atoms with Crippen molar-refractivity contribution >= 4 is 5.69 Å². The van der Waals surface area contributed by atoms with Gasteiger partial charge in [-0.15, -0.1) is 0 Å². The van der Waals surface area contributed by atoms with E-state index in [0.717, 1.165) is 13.1 Å². The van der Waals surface area contributed by atoms with Crippen LogP contribution in [0.5, 0.6) is 0 Å². The Morgan fingerprint density at radius 2 is 1.65 bits per heavy atom. The molecule has 0 saturated carbocycles. The number of anilines is 1. The van der Waals surface area contributed by atoms with Gasteiger partial charge in [-0.1, -0.05) is 12.1 Å². The molecule has 2 heteroatoms. The second-order valence-electron chi connectivity index (χ2n) is 4.61. The summed E-state index contributed by atoms with van der Waals surface area (Å²) in [5.74, 6) is 0. The summed E-state index contributed by atoms with van der Waals surface area (Å²) in [6.07, 6.45) is 6.82. The zero-order valence-electron chi connectivity index (χ0n) is 9.92. The number of aromatic nitrogens is 1. The van der Waals surface area contributed by atoms with Crippen LogP contribution < -0.4 is 4.90 Å². The lowest BCUT2D eigenvalue weighted by molar-refractivity contribution is 0.397. The van der Waals surface area contributed by atoms with Crippen molar-refractivity contribution in [1.29, 1.82) is 0 Å². The Labute approximate surface area is 102 Å². The van der Waals surface area contributed by atoms with Crippen molar-refractivity contribution in [2.75, 3.05) is 18.0 Å². The zero-order chi connectivity index (χ0) is 11.5. The van der Waals surface area contributed by atoms with Crippen LogP contribution in [-0.4, -0.2) is 17.7 Å². The summed E-state index contributed by atoms with van der Waals surface area (Å²) in [6, 6.07) is 16.3. The van der Waals surface area contributed by atoms with Crippen LogP contribution in [0.4, 0.5) is 5.69 Å². The molecular weight excluding hydrogens is 208 g/mol. The van der Waals surface area contributed by atoms with Crippen LogP contribution in [0.1, 0.15) is 18.9 Å². The molecule has 17 heavy (non-hydrogen) atoms. The summed E-state index contributed by atoms with van der Waals surface area (Å²) in [5, 5.41) is 0. The lowest BCUT2D eigenvalue weighted by atomic mass is 10.0. The van der Waals surface area contributed by atoms with Gasteiger partial charge in [0.1, 0.15) is 0 Å². The molecule has 0 atom stereocenters. The van der Waals surface area contributed by atoms with Crippen molar-refractivity contribution in [3.05, 3.63) is 54.9 Å². The van der Waals surface area contributed by atoms with E-state index in [1.165, 1.54) is 18.5 Å². The number of hydrogen-bond donors (Lipinski definition) is 0. The van der Waals surface area contributed by atoms with Gasteiger partial charge < -0.3 is 9.47 Å². The standard InChI is InChI=1S/C15H17N2/c1-2-6-14(7-3-1)17-12-8-15(9-13-17)16-10-4-5-11-16/h2-7,10-11,15H,8-9,12-13H2. The third kappa shape index (κ3) is 2.21. The summed E-state index contributed by atoms with van der Waals surface area (Å²) >= 11 is 0. The predicted molar refractivity (Wildman–Crippen MR) is 70.2 cm³/mol. The van der Waals surface area contributed by atoms with E-state index in [9.17, 15) is 0 Å². The van der Waals surface area contributed by atoms with Gasteiger partial charge in [-0.2, -0.15) is 0 Å². The molecule has 0 bridgehead atoms. The Morgan fingerprint density at radius 1 is 1.00 bits per heavy atom. The first-order valence-corrected chi connectivity index (χ1v) is 6.27. The fourth-order valence-electron chi connectivity index (χ4n) is 2.60. The molecule has 1 radical (unpaired) electrons. The van der Waals surface area contributed by atoms with Crippen molar-refractivity contribution in [2.24, 2.45) is 0 Å². The molecule has 87 valence electrons. The maximum atomic E-state index is 3.07. The smallest absolute Gasteiger partial charge is 0.0366 e. The molecule has 1 aliphatic rings. The first-order valence-electron chi connectivity index (χ1n) is 6.27. The van der Waals surface area contributed by atoms with Crippen LogP contribution in [-0.2, 0) is 0 Å². The summed E-state index contributed by atoms with van der Waals surface area (Å²) in [7, 11) is 0. The average molecular weight is 225 g/mol. The topological polar surface area (TPSA) is 8.17 Å². The average Bonchev–Trinajstić information content (AvgIpc) is 2.94. The van der Waals surface area contributed by atoms with Gasteiger partial charge in [-0.25, -0.2) is 0 Å². The molecule has 0 amide bonds. The molecule has 0 N–H and O–H groups in total. The van der Waals surface area contributed by atoms with Gasteiger partial charge in [0.2, 0.25) is 0 Å². The minimum absolute atomic E-state index is 0.677. The van der Waals surface area contributed by atoms with Gasteiger partial charge in [0.05, 0.1) is 0 Å². The van der Waals surface area contributed by atoms with Gasteiger partial charge in [-0.3, -0.25) is 0 Å². The van der Waals surface area contributed by atoms with E-state index in [1.807, 2.05) is 12.1 Å². The number of nitrogens with zero attached hydrogens (tertiary/aromatic N) is 2. The van der Waals surface area contributed by atoms with Crippen molar-refractivity contribution in [3.8, 4) is 0 Å². The molecular formula is C15H17N2. The normalized spacial score (nSPS) is 17.3. The molecule has 1 aliphatic heterocycles. The van der Waals surface area contributed by atoms with Crippen molar-refractivity contribution in [2.45, 2.75) is 18.9 Å². The predicted octanol–water partition coefficient (Wildman–Crippen LogP) is 3.13. The highest BCUT2D eigenvalue weighted by molar-refractivity contribution is 5.46. The highest BCUT2D eigenvalue weighted by atomic mass is 15.2. The Hall–Kier alpha value is -1.70. The van der Waals surface area contributed by atoms with E-state index in [-0.39, 0.29) is 0 Å². The maximum absolute atomic E-state index is 3.07. The monoisotopic (exact) mass is 225 g/mol. The molecule has 2 heterocycles. The molecule has 2 nitrogen and oxygen atoms in total. The molecule has 3 rings (SSSR count). The van der Waals surface area contributed by atoms with E-state index < -0.39 is 0 Å². The van der Waals surface area contributed by atoms with Crippen LogP contribution in [0.3, 0.4) is 0 Å². The number of benzene rings is 1. The maximum Gasteiger partial charge on any atom is 0.0366 e. The summed E-state index contributed by atoms with van der Waals surface area (Å²) in [6.45, 7) is 2.29. The van der Waals surface area contributed by atoms with Gasteiger partial charge >= 0.3 is 0 Å². The largest absolute Gasteiger partial charge is 0.371 e. The van der Waals surface area contributed by atoms with E-state index >= 15 is 0 Å². The second-order valence-corrected chi connectivity index (χ2v) is 4.61. The zero-order valence-corrected chi connectivity index (χ0v) is 9.92. The lowest BCUT2D eigenvalue weighted by Crippen LogP contribution is -2.34. The third-order valence-corrected chi connectivity index (χ3v) is 3.58. The van der Waals surface area contributed by atoms with E-state index in [0.29, 0.717) is 6.04 Å². The number of hydrogen-bond acceptors (Lipinski definition) is 1. The summed E-state index contributed by atoms with van der Waals surface area (Å²) in [4.78, 5) is 2.47. The summed E-state index contributed by atoms with van der Waals surface area (Å²) in [5.41, 5.74) is 1.33. The Balaban J connectivity index is 1.65. The number of rotatable bonds is 2. The first-order chi connectivity index (χ1) is 8.43. The van der Waals surface area contributed by atoms with Crippen molar-refractivity contribution in [3.63, 3.8) is 0 Å². The van der Waals surface area contributed by atoms with Gasteiger partial charge in [-0.05, 0) is 43.2 Å². The second kappa shape index (κ2) is 4.66. The quantitative estimate of drug-likeness (QED) is 0.762. The minimum atomic E-state index is 0.677. The Bertz CT molecular complexity index is 439. The molecule has 1 saturated heterocycles. The molecule has 0 unspecified atom stereocenters.